The lowest BCUT2D eigenvalue weighted by molar-refractivity contribution is -0.928. The first-order chi connectivity index (χ1) is 17.1. The third kappa shape index (κ3) is 4.64. The molecule has 5 rings (SSSR count). The molecule has 0 bridgehead atoms. The molecule has 1 aliphatic heterocycles. The van der Waals surface area contributed by atoms with Crippen LogP contribution >= 0.6 is 0 Å². The van der Waals surface area contributed by atoms with E-state index in [0.29, 0.717) is 13.1 Å². The van der Waals surface area contributed by atoms with Crippen LogP contribution in [0.3, 0.4) is 0 Å². The van der Waals surface area contributed by atoms with Crippen LogP contribution < -0.4 is 20.2 Å². The molecule has 0 radical (unpaired) electrons. The molecule has 6 nitrogen and oxygen atoms in total. The van der Waals surface area contributed by atoms with E-state index < -0.39 is 28.9 Å². The monoisotopic (exact) mass is 499 g/mol. The number of quaternary nitrogens is 1. The molecule has 0 aliphatic carbocycles. The highest BCUT2D eigenvalue weighted by Crippen LogP contribution is 2.39. The Morgan fingerprint density at radius 1 is 1.03 bits per heavy atom. The Hall–Kier alpha value is -3.56. The highest BCUT2D eigenvalue weighted by Gasteiger charge is 2.41. The van der Waals surface area contributed by atoms with E-state index in [1.807, 2.05) is 26.0 Å². The number of rotatable bonds is 4. The quantitative estimate of drug-likeness (QED) is 0.459. The molecule has 2 unspecified atom stereocenters. The molecule has 2 heterocycles. The molecule has 0 saturated carbocycles. The summed E-state index contributed by atoms with van der Waals surface area (Å²) >= 11 is 0. The van der Waals surface area contributed by atoms with Crippen LogP contribution in [0.15, 0.2) is 63.8 Å². The van der Waals surface area contributed by atoms with Crippen LogP contribution in [0.1, 0.15) is 25.2 Å². The van der Waals surface area contributed by atoms with Crippen LogP contribution in [-0.2, 0) is 17.5 Å². The molecule has 2 atom stereocenters. The molecule has 1 fully saturated rings. The lowest BCUT2D eigenvalue weighted by Gasteiger charge is -2.33. The Morgan fingerprint density at radius 3 is 2.42 bits per heavy atom. The van der Waals surface area contributed by atoms with Gasteiger partial charge in [0.15, 0.2) is 0 Å². The molecule has 1 aromatic heterocycles. The van der Waals surface area contributed by atoms with E-state index in [0.717, 1.165) is 15.7 Å². The van der Waals surface area contributed by atoms with Crippen molar-refractivity contribution < 1.29 is 37.1 Å². The number of ether oxygens (including phenoxy) is 2. The van der Waals surface area contributed by atoms with Crippen molar-refractivity contribution in [1.82, 2.24) is 0 Å². The van der Waals surface area contributed by atoms with Crippen molar-refractivity contribution in [3.05, 3.63) is 76.1 Å². The fraction of sp³-hybridized carbons (Fsp3) is 0.296. The minimum absolute atomic E-state index is 0.0312. The van der Waals surface area contributed by atoms with Gasteiger partial charge in [-0.2, -0.15) is 13.2 Å². The molecule has 1 N–H and O–H groups in total. The zero-order valence-corrected chi connectivity index (χ0v) is 19.6. The number of halogens is 3. The van der Waals surface area contributed by atoms with E-state index in [-0.39, 0.29) is 41.0 Å². The summed E-state index contributed by atoms with van der Waals surface area (Å²) in [6, 6.07) is 14.4. The van der Waals surface area contributed by atoms with Crippen molar-refractivity contribution in [3.8, 4) is 17.2 Å². The van der Waals surface area contributed by atoms with Gasteiger partial charge in [0.1, 0.15) is 43.2 Å². The molecule has 1 aliphatic rings. The van der Waals surface area contributed by atoms with Crippen molar-refractivity contribution in [2.45, 2.75) is 38.8 Å². The fourth-order valence-electron chi connectivity index (χ4n) is 4.86. The van der Waals surface area contributed by atoms with Crippen LogP contribution in [0.25, 0.3) is 21.7 Å². The Balaban J connectivity index is 1.62. The number of alkyl halides is 3. The largest absolute Gasteiger partial charge is 0.872 e. The molecule has 4 aromatic rings. The van der Waals surface area contributed by atoms with Crippen molar-refractivity contribution in [2.75, 3.05) is 13.1 Å². The molecule has 1 saturated heterocycles. The summed E-state index contributed by atoms with van der Waals surface area (Å²) in [6.07, 6.45) is -5.17. The number of hydrogen-bond donors (Lipinski definition) is 1. The first-order valence-electron chi connectivity index (χ1n) is 11.6. The zero-order valence-electron chi connectivity index (χ0n) is 19.6. The highest BCUT2D eigenvalue weighted by molar-refractivity contribution is 5.85. The van der Waals surface area contributed by atoms with Crippen LogP contribution in [0.5, 0.6) is 17.2 Å². The predicted molar refractivity (Wildman–Crippen MR) is 125 cm³/mol. The van der Waals surface area contributed by atoms with Gasteiger partial charge in [-0.05, 0) is 42.8 Å². The lowest BCUT2D eigenvalue weighted by atomic mass is 10.1. The number of benzene rings is 3. The van der Waals surface area contributed by atoms with Gasteiger partial charge in [0.05, 0.1) is 5.39 Å². The third-order valence-corrected chi connectivity index (χ3v) is 6.32. The van der Waals surface area contributed by atoms with Gasteiger partial charge in [-0.1, -0.05) is 42.1 Å². The third-order valence-electron chi connectivity index (χ3n) is 6.32. The van der Waals surface area contributed by atoms with Gasteiger partial charge in [-0.15, -0.1) is 0 Å². The second kappa shape index (κ2) is 9.15. The van der Waals surface area contributed by atoms with Gasteiger partial charge in [0, 0.05) is 5.56 Å². The zero-order chi connectivity index (χ0) is 25.6. The van der Waals surface area contributed by atoms with Gasteiger partial charge in [-0.25, -0.2) is 0 Å². The molecule has 0 spiro atoms. The smallest absolute Gasteiger partial charge is 0.453 e. The van der Waals surface area contributed by atoms with E-state index in [1.54, 1.807) is 24.3 Å². The normalized spacial score (nSPS) is 20.6. The summed E-state index contributed by atoms with van der Waals surface area (Å²) in [4.78, 5) is 14.3. The number of nitrogens with one attached hydrogen (secondary N) is 1. The molecule has 3 aromatic carbocycles. The minimum Gasteiger partial charge on any atom is -0.872 e. The summed E-state index contributed by atoms with van der Waals surface area (Å²) in [5.74, 6) is -2.96. The van der Waals surface area contributed by atoms with Crippen LogP contribution in [0.4, 0.5) is 13.2 Å². The van der Waals surface area contributed by atoms with Gasteiger partial charge in [0.25, 0.3) is 5.76 Å². The number of morpholine rings is 1. The standard InChI is InChI=1S/C27H24F3NO5/c1-15-12-31(13-16(2)34-15)14-21-22(32)10-9-20-23(33)25(26(27(28,29)30)36-24(20)21)35-19-8-7-17-5-3-4-6-18(17)11-19/h3-11,15-16,32H,12-14H2,1-2H3. The predicted octanol–water partition coefficient (Wildman–Crippen LogP) is 4.02. The molecule has 9 heteroatoms. The Bertz CT molecular complexity index is 1490. The summed E-state index contributed by atoms with van der Waals surface area (Å²) in [7, 11) is 0. The lowest BCUT2D eigenvalue weighted by Crippen LogP contribution is -3.14. The van der Waals surface area contributed by atoms with Gasteiger partial charge >= 0.3 is 6.18 Å². The topological polar surface area (TPSA) is 76.2 Å². The average Bonchev–Trinajstić information content (AvgIpc) is 2.81. The molecule has 36 heavy (non-hydrogen) atoms. The molecular formula is C27H24F3NO5. The van der Waals surface area contributed by atoms with Crippen molar-refractivity contribution >= 4 is 21.7 Å². The van der Waals surface area contributed by atoms with E-state index in [4.69, 9.17) is 13.9 Å². The SMILES string of the molecule is CC1C[NH+](Cc2c([O-])ccc3c(=O)c(Oc4ccc5ccccc5c4)c(C(F)(F)F)oc23)CC(C)O1. The van der Waals surface area contributed by atoms with E-state index in [2.05, 4.69) is 0 Å². The van der Waals surface area contributed by atoms with Crippen molar-refractivity contribution in [1.29, 1.82) is 0 Å². The first kappa shape index (κ1) is 24.1. The van der Waals surface area contributed by atoms with E-state index in [9.17, 15) is 23.1 Å². The second-order valence-electron chi connectivity index (χ2n) is 9.21. The van der Waals surface area contributed by atoms with Crippen molar-refractivity contribution in [2.24, 2.45) is 0 Å². The van der Waals surface area contributed by atoms with Crippen LogP contribution in [0, 0.1) is 0 Å². The Labute approximate surface area is 204 Å². The van der Waals surface area contributed by atoms with Crippen LogP contribution in [0.2, 0.25) is 0 Å². The number of fused-ring (bicyclic) bond motifs is 2. The van der Waals surface area contributed by atoms with Crippen LogP contribution in [-0.4, -0.2) is 25.3 Å². The van der Waals surface area contributed by atoms with Gasteiger partial charge in [-0.3, -0.25) is 4.79 Å². The highest BCUT2D eigenvalue weighted by atomic mass is 19.4. The van der Waals surface area contributed by atoms with E-state index >= 15 is 0 Å². The molecular weight excluding hydrogens is 475 g/mol. The van der Waals surface area contributed by atoms with Crippen molar-refractivity contribution in [3.63, 3.8) is 0 Å². The fourth-order valence-corrected chi connectivity index (χ4v) is 4.86. The Morgan fingerprint density at radius 2 is 1.72 bits per heavy atom. The maximum Gasteiger partial charge on any atom is 0.453 e. The summed E-state index contributed by atoms with van der Waals surface area (Å²) in [6.45, 7) is 5.04. The maximum absolute atomic E-state index is 14.1. The van der Waals surface area contributed by atoms with Gasteiger partial charge < -0.3 is 23.9 Å². The summed E-state index contributed by atoms with van der Waals surface area (Å²) in [5.41, 5.74) is -1.31. The van der Waals surface area contributed by atoms with E-state index in [1.165, 1.54) is 18.2 Å². The summed E-state index contributed by atoms with van der Waals surface area (Å²) < 4.78 is 58.8. The molecule has 0 amide bonds. The average molecular weight is 499 g/mol. The maximum atomic E-state index is 14.1. The minimum atomic E-state index is -5.02. The first-order valence-corrected chi connectivity index (χ1v) is 11.6. The number of hydrogen-bond acceptors (Lipinski definition) is 5. The second-order valence-corrected chi connectivity index (χ2v) is 9.21. The Kier molecular flexibility index (Phi) is 6.13. The summed E-state index contributed by atoms with van der Waals surface area (Å²) in [5, 5.41) is 14.2. The molecule has 188 valence electrons. The van der Waals surface area contributed by atoms with Gasteiger partial charge in [0.2, 0.25) is 11.2 Å².